The zero-order chi connectivity index (χ0) is 21.5. The first-order chi connectivity index (χ1) is 14.3. The number of nitrogens with one attached hydrogen (secondary N) is 1. The van der Waals surface area contributed by atoms with E-state index in [1.165, 1.54) is 4.88 Å². The number of nitriles is 1. The molecule has 1 N–H and O–H groups in total. The van der Waals surface area contributed by atoms with Gasteiger partial charge in [0.25, 0.3) is 5.91 Å². The van der Waals surface area contributed by atoms with Gasteiger partial charge in [-0.15, -0.1) is 11.3 Å². The monoisotopic (exact) mass is 418 g/mol. The molecule has 30 heavy (non-hydrogen) atoms. The Morgan fingerprint density at radius 3 is 2.57 bits per heavy atom. The molecule has 2 aromatic carbocycles. The summed E-state index contributed by atoms with van der Waals surface area (Å²) in [5.74, 6) is 0.859. The second-order valence-electron chi connectivity index (χ2n) is 8.98. The maximum absolute atomic E-state index is 13.1. The summed E-state index contributed by atoms with van der Waals surface area (Å²) in [4.78, 5) is 14.4. The van der Waals surface area contributed by atoms with Gasteiger partial charge in [0.1, 0.15) is 16.8 Å². The molecule has 0 spiro atoms. The molecule has 1 atom stereocenters. The minimum atomic E-state index is -0.250. The fourth-order valence-corrected chi connectivity index (χ4v) is 5.54. The average Bonchev–Trinajstić information content (AvgIpc) is 3.08. The normalized spacial score (nSPS) is 16.0. The van der Waals surface area contributed by atoms with Gasteiger partial charge in [0.05, 0.1) is 18.2 Å². The first-order valence-corrected chi connectivity index (χ1v) is 11.1. The number of hydrogen-bond donors (Lipinski definition) is 1. The van der Waals surface area contributed by atoms with Crippen LogP contribution in [0.1, 0.15) is 53.6 Å². The largest absolute Gasteiger partial charge is 0.496 e. The lowest BCUT2D eigenvalue weighted by Crippen LogP contribution is -2.26. The number of benzene rings is 2. The van der Waals surface area contributed by atoms with Gasteiger partial charge in [0.2, 0.25) is 0 Å². The van der Waals surface area contributed by atoms with Crippen molar-refractivity contribution in [3.05, 3.63) is 58.0 Å². The van der Waals surface area contributed by atoms with Gasteiger partial charge < -0.3 is 10.1 Å². The molecule has 0 fully saturated rings. The highest BCUT2D eigenvalue weighted by molar-refractivity contribution is 7.16. The summed E-state index contributed by atoms with van der Waals surface area (Å²) < 4.78 is 5.48. The van der Waals surface area contributed by atoms with Crippen LogP contribution < -0.4 is 10.1 Å². The number of fused-ring (bicyclic) bond motifs is 2. The van der Waals surface area contributed by atoms with Crippen molar-refractivity contribution in [1.29, 1.82) is 5.26 Å². The number of thiophene rings is 1. The number of anilines is 1. The van der Waals surface area contributed by atoms with E-state index in [2.05, 4.69) is 32.2 Å². The van der Waals surface area contributed by atoms with Gasteiger partial charge in [-0.05, 0) is 59.1 Å². The molecule has 0 radical (unpaired) electrons. The molecule has 1 aromatic heterocycles. The van der Waals surface area contributed by atoms with Gasteiger partial charge >= 0.3 is 0 Å². The molecule has 0 saturated carbocycles. The molecule has 0 aliphatic heterocycles. The van der Waals surface area contributed by atoms with E-state index in [1.54, 1.807) is 18.4 Å². The topological polar surface area (TPSA) is 62.1 Å². The van der Waals surface area contributed by atoms with Crippen LogP contribution in [0.4, 0.5) is 5.00 Å². The number of carbonyl (C=O) groups excluding carboxylic acids is 1. The third-order valence-corrected chi connectivity index (χ3v) is 7.31. The number of hydrogen-bond acceptors (Lipinski definition) is 4. The minimum Gasteiger partial charge on any atom is -0.496 e. The van der Waals surface area contributed by atoms with Crippen molar-refractivity contribution >= 4 is 33.0 Å². The smallest absolute Gasteiger partial charge is 0.260 e. The molecule has 1 unspecified atom stereocenters. The van der Waals surface area contributed by atoms with Gasteiger partial charge in [-0.2, -0.15) is 5.26 Å². The predicted molar refractivity (Wildman–Crippen MR) is 122 cm³/mol. The van der Waals surface area contributed by atoms with Crippen LogP contribution in [0.3, 0.4) is 0 Å². The first-order valence-electron chi connectivity index (χ1n) is 10.2. The third-order valence-electron chi connectivity index (χ3n) is 6.14. The van der Waals surface area contributed by atoms with E-state index in [0.29, 0.717) is 27.8 Å². The van der Waals surface area contributed by atoms with E-state index in [4.69, 9.17) is 4.74 Å². The van der Waals surface area contributed by atoms with Crippen LogP contribution in [0.5, 0.6) is 5.75 Å². The molecule has 4 rings (SSSR count). The molecule has 1 aliphatic carbocycles. The number of ether oxygens (including phenoxy) is 1. The van der Waals surface area contributed by atoms with E-state index < -0.39 is 0 Å². The fourth-order valence-electron chi connectivity index (χ4n) is 4.27. The predicted octanol–water partition coefficient (Wildman–Crippen LogP) is 6.18. The van der Waals surface area contributed by atoms with E-state index in [9.17, 15) is 10.1 Å². The van der Waals surface area contributed by atoms with Crippen molar-refractivity contribution in [2.75, 3.05) is 12.4 Å². The quantitative estimate of drug-likeness (QED) is 0.552. The first kappa shape index (κ1) is 20.4. The molecule has 3 aromatic rings. The summed E-state index contributed by atoms with van der Waals surface area (Å²) in [5.41, 5.74) is 2.44. The van der Waals surface area contributed by atoms with Crippen molar-refractivity contribution in [2.24, 2.45) is 11.3 Å². The van der Waals surface area contributed by atoms with Crippen LogP contribution in [0.15, 0.2) is 36.4 Å². The van der Waals surface area contributed by atoms with Crippen molar-refractivity contribution < 1.29 is 9.53 Å². The lowest BCUT2D eigenvalue weighted by molar-refractivity contribution is 0.102. The van der Waals surface area contributed by atoms with Crippen molar-refractivity contribution in [1.82, 2.24) is 0 Å². The molecular formula is C25H26N2O2S. The fraction of sp³-hybridized carbons (Fsp3) is 0.360. The standard InChI is InChI=1S/C25H26N2O2S/c1-25(2,3)17-9-10-18-20(14-26)24(30-22(18)13-17)27-23(28)19-11-15-7-5-6-8-16(15)12-21(19)29-4/h5-8,11-12,17H,9-10,13H2,1-4H3,(H,27,28). The van der Waals surface area contributed by atoms with Crippen LogP contribution in [-0.2, 0) is 12.8 Å². The van der Waals surface area contributed by atoms with Gasteiger partial charge in [-0.25, -0.2) is 0 Å². The highest BCUT2D eigenvalue weighted by Gasteiger charge is 2.32. The van der Waals surface area contributed by atoms with Crippen LogP contribution in [-0.4, -0.2) is 13.0 Å². The summed E-state index contributed by atoms with van der Waals surface area (Å²) >= 11 is 1.55. The lowest BCUT2D eigenvalue weighted by atomic mass is 9.72. The summed E-state index contributed by atoms with van der Waals surface area (Å²) in [7, 11) is 1.57. The third kappa shape index (κ3) is 3.68. The van der Waals surface area contributed by atoms with Crippen LogP contribution in [0.25, 0.3) is 10.8 Å². The van der Waals surface area contributed by atoms with Gasteiger partial charge in [0, 0.05) is 4.88 Å². The van der Waals surface area contributed by atoms with Gasteiger partial charge in [-0.1, -0.05) is 45.0 Å². The summed E-state index contributed by atoms with van der Waals surface area (Å²) in [6, 6.07) is 13.9. The van der Waals surface area contributed by atoms with Gasteiger partial charge in [0.15, 0.2) is 0 Å². The summed E-state index contributed by atoms with van der Waals surface area (Å²) in [5, 5.41) is 15.4. The number of carbonyl (C=O) groups is 1. The Morgan fingerprint density at radius 2 is 1.93 bits per heavy atom. The SMILES string of the molecule is COc1cc2ccccc2cc1C(=O)Nc1sc2c(c1C#N)CCC(C(C)(C)C)C2. The van der Waals surface area contributed by atoms with E-state index in [1.807, 2.05) is 36.4 Å². The lowest BCUT2D eigenvalue weighted by Gasteiger charge is -2.33. The zero-order valence-electron chi connectivity index (χ0n) is 17.8. The van der Waals surface area contributed by atoms with Crippen molar-refractivity contribution in [2.45, 2.75) is 40.0 Å². The Balaban J connectivity index is 1.67. The summed E-state index contributed by atoms with van der Waals surface area (Å²) in [6.07, 6.45) is 2.94. The molecule has 1 heterocycles. The molecule has 0 bridgehead atoms. The molecule has 5 heteroatoms. The molecule has 0 saturated heterocycles. The van der Waals surface area contributed by atoms with E-state index in [0.717, 1.165) is 35.6 Å². The van der Waals surface area contributed by atoms with Crippen LogP contribution >= 0.6 is 11.3 Å². The highest BCUT2D eigenvalue weighted by atomic mass is 32.1. The van der Waals surface area contributed by atoms with E-state index >= 15 is 0 Å². The second-order valence-corrected chi connectivity index (χ2v) is 10.1. The highest BCUT2D eigenvalue weighted by Crippen LogP contribution is 2.44. The average molecular weight is 419 g/mol. The zero-order valence-corrected chi connectivity index (χ0v) is 18.7. The summed E-state index contributed by atoms with van der Waals surface area (Å²) in [6.45, 7) is 6.82. The Hall–Kier alpha value is -2.84. The second kappa shape index (κ2) is 7.77. The Kier molecular flexibility index (Phi) is 5.29. The Bertz CT molecular complexity index is 1160. The van der Waals surface area contributed by atoms with E-state index in [-0.39, 0.29) is 11.3 Å². The van der Waals surface area contributed by atoms with Gasteiger partial charge in [-0.3, -0.25) is 4.79 Å². The number of methoxy groups -OCH3 is 1. The van der Waals surface area contributed by atoms with Crippen molar-refractivity contribution in [3.8, 4) is 11.8 Å². The minimum absolute atomic E-state index is 0.232. The molecular weight excluding hydrogens is 392 g/mol. The maximum Gasteiger partial charge on any atom is 0.260 e. The number of nitrogens with zero attached hydrogens (tertiary/aromatic N) is 1. The molecule has 1 aliphatic rings. The van der Waals surface area contributed by atoms with Crippen LogP contribution in [0.2, 0.25) is 0 Å². The number of amides is 1. The van der Waals surface area contributed by atoms with Crippen molar-refractivity contribution in [3.63, 3.8) is 0 Å². The molecule has 1 amide bonds. The maximum atomic E-state index is 13.1. The molecule has 4 nitrogen and oxygen atoms in total. The number of rotatable bonds is 3. The Morgan fingerprint density at radius 1 is 1.23 bits per heavy atom. The Labute approximate surface area is 181 Å². The molecule has 154 valence electrons. The van der Waals surface area contributed by atoms with Crippen LogP contribution in [0, 0.1) is 22.7 Å².